The van der Waals surface area contributed by atoms with Crippen LogP contribution in [-0.4, -0.2) is 27.8 Å². The quantitative estimate of drug-likeness (QED) is 0.429. The van der Waals surface area contributed by atoms with Gasteiger partial charge in [0.2, 0.25) is 0 Å². The van der Waals surface area contributed by atoms with E-state index in [2.05, 4.69) is 27.7 Å². The molecule has 0 radical (unpaired) electrons. The first kappa shape index (κ1) is 18.6. The molecule has 2 heterocycles. The molecule has 28 heavy (non-hydrogen) atoms. The minimum atomic E-state index is -0.329. The molecule has 1 aliphatic carbocycles. The molecule has 1 aliphatic rings. The van der Waals surface area contributed by atoms with Gasteiger partial charge in [-0.1, -0.05) is 19.1 Å². The second kappa shape index (κ2) is 7.73. The van der Waals surface area contributed by atoms with Crippen LogP contribution >= 0.6 is 11.3 Å². The van der Waals surface area contributed by atoms with E-state index in [9.17, 15) is 10.0 Å². The summed E-state index contributed by atoms with van der Waals surface area (Å²) in [5.74, 6) is 0.820. The van der Waals surface area contributed by atoms with Crippen molar-refractivity contribution in [1.29, 1.82) is 0 Å². The Labute approximate surface area is 166 Å². The molecule has 0 spiro atoms. The van der Waals surface area contributed by atoms with Crippen LogP contribution in [0.2, 0.25) is 0 Å². The van der Waals surface area contributed by atoms with Gasteiger partial charge >= 0.3 is 5.97 Å². The van der Waals surface area contributed by atoms with Gasteiger partial charge in [0, 0.05) is 4.88 Å². The molecule has 1 aromatic carbocycles. The van der Waals surface area contributed by atoms with Crippen molar-refractivity contribution in [3.05, 3.63) is 40.3 Å². The van der Waals surface area contributed by atoms with Gasteiger partial charge in [0.15, 0.2) is 11.6 Å². The van der Waals surface area contributed by atoms with Gasteiger partial charge in [-0.2, -0.15) is 0 Å². The summed E-state index contributed by atoms with van der Waals surface area (Å²) < 4.78 is 5.31. The van der Waals surface area contributed by atoms with E-state index in [0.29, 0.717) is 39.9 Å². The van der Waals surface area contributed by atoms with Crippen LogP contribution in [0.15, 0.2) is 24.3 Å². The van der Waals surface area contributed by atoms with Gasteiger partial charge in [-0.3, -0.25) is 5.21 Å². The average Bonchev–Trinajstić information content (AvgIpc) is 3.04. The number of carbonyl (C=O) groups excluding carboxylic acids is 1. The summed E-state index contributed by atoms with van der Waals surface area (Å²) in [6.07, 6.45) is 2.86. The maximum Gasteiger partial charge on any atom is 0.341 e. The van der Waals surface area contributed by atoms with Crippen LogP contribution in [0, 0.1) is 5.92 Å². The number of anilines is 3. The number of para-hydroxylation sites is 2. The molecule has 7 nitrogen and oxygen atoms in total. The maximum absolute atomic E-state index is 12.7. The summed E-state index contributed by atoms with van der Waals surface area (Å²) >= 11 is 1.55. The van der Waals surface area contributed by atoms with Gasteiger partial charge in [0.05, 0.1) is 23.2 Å². The normalized spacial score (nSPS) is 15.9. The first-order valence-corrected chi connectivity index (χ1v) is 10.2. The lowest BCUT2D eigenvalue weighted by atomic mass is 9.88. The highest BCUT2D eigenvalue weighted by molar-refractivity contribution is 7.16. The van der Waals surface area contributed by atoms with Crippen molar-refractivity contribution < 1.29 is 14.7 Å². The van der Waals surface area contributed by atoms with Crippen LogP contribution in [-0.2, 0) is 17.6 Å². The molecule has 3 N–H and O–H groups in total. The van der Waals surface area contributed by atoms with E-state index >= 15 is 0 Å². The zero-order valence-corrected chi connectivity index (χ0v) is 16.6. The van der Waals surface area contributed by atoms with Gasteiger partial charge in [-0.25, -0.2) is 20.2 Å². The lowest BCUT2D eigenvalue weighted by Crippen LogP contribution is -2.14. The first-order valence-electron chi connectivity index (χ1n) is 9.36. The number of fused-ring (bicyclic) bond motifs is 2. The lowest BCUT2D eigenvalue weighted by Gasteiger charge is -2.18. The van der Waals surface area contributed by atoms with Gasteiger partial charge < -0.3 is 10.1 Å². The number of ether oxygens (including phenoxy) is 1. The zero-order chi connectivity index (χ0) is 19.7. The molecule has 4 rings (SSSR count). The molecule has 0 fully saturated rings. The monoisotopic (exact) mass is 398 g/mol. The minimum absolute atomic E-state index is 0.202. The Morgan fingerprint density at radius 1 is 1.29 bits per heavy atom. The van der Waals surface area contributed by atoms with Crippen molar-refractivity contribution in [2.24, 2.45) is 5.92 Å². The topological polar surface area (TPSA) is 96.4 Å². The number of hydrogen-bond donors (Lipinski definition) is 3. The second-order valence-electron chi connectivity index (χ2n) is 6.92. The van der Waals surface area contributed by atoms with Gasteiger partial charge in [-0.05, 0) is 49.8 Å². The highest BCUT2D eigenvalue weighted by Gasteiger charge is 2.29. The number of esters is 1. The molecular formula is C20H22N4O3S. The zero-order valence-electron chi connectivity index (χ0n) is 15.8. The molecule has 1 atom stereocenters. The van der Waals surface area contributed by atoms with Crippen LogP contribution in [0.3, 0.4) is 0 Å². The van der Waals surface area contributed by atoms with Crippen molar-refractivity contribution in [1.82, 2.24) is 9.97 Å². The number of benzene rings is 1. The lowest BCUT2D eigenvalue weighted by molar-refractivity contribution is 0.0526. The summed E-state index contributed by atoms with van der Waals surface area (Å²) in [4.78, 5) is 22.9. The molecule has 146 valence electrons. The highest BCUT2D eigenvalue weighted by atomic mass is 32.1. The SMILES string of the molecule is CCOC(=O)c1c(Nc2nc3ccccc3nc2NO)sc2c1CCC(C)C2. The summed E-state index contributed by atoms with van der Waals surface area (Å²) in [6, 6.07) is 7.41. The van der Waals surface area contributed by atoms with Crippen molar-refractivity contribution in [2.75, 3.05) is 17.4 Å². The summed E-state index contributed by atoms with van der Waals surface area (Å²) in [5.41, 5.74) is 5.10. The predicted octanol–water partition coefficient (Wildman–Crippen LogP) is 4.54. The average molecular weight is 398 g/mol. The third-order valence-corrected chi connectivity index (χ3v) is 6.07. The Balaban J connectivity index is 1.79. The largest absolute Gasteiger partial charge is 0.462 e. The molecule has 0 aliphatic heterocycles. The molecule has 0 saturated heterocycles. The number of hydrogen-bond acceptors (Lipinski definition) is 8. The number of nitrogens with zero attached hydrogens (tertiary/aromatic N) is 2. The van der Waals surface area contributed by atoms with Crippen LogP contribution in [0.1, 0.15) is 41.1 Å². The molecule has 3 aromatic rings. The van der Waals surface area contributed by atoms with Gasteiger partial charge in [0.1, 0.15) is 5.00 Å². The Hall–Kier alpha value is -2.71. The Bertz CT molecular complexity index is 1030. The third-order valence-electron chi connectivity index (χ3n) is 4.90. The van der Waals surface area contributed by atoms with E-state index in [4.69, 9.17) is 4.74 Å². The van der Waals surface area contributed by atoms with Crippen molar-refractivity contribution in [3.63, 3.8) is 0 Å². The van der Waals surface area contributed by atoms with Crippen LogP contribution in [0.5, 0.6) is 0 Å². The Morgan fingerprint density at radius 2 is 2.00 bits per heavy atom. The molecule has 0 saturated carbocycles. The summed E-state index contributed by atoms with van der Waals surface area (Å²) in [7, 11) is 0. The molecular weight excluding hydrogens is 376 g/mol. The summed E-state index contributed by atoms with van der Waals surface area (Å²) in [6.45, 7) is 4.34. The third kappa shape index (κ3) is 3.41. The van der Waals surface area contributed by atoms with E-state index in [0.717, 1.165) is 24.8 Å². The van der Waals surface area contributed by atoms with Crippen molar-refractivity contribution >= 4 is 45.0 Å². The van der Waals surface area contributed by atoms with Crippen molar-refractivity contribution in [3.8, 4) is 0 Å². The number of thiophene rings is 1. The smallest absolute Gasteiger partial charge is 0.341 e. The standard InChI is InChI=1S/C20H22N4O3S/c1-3-27-20(25)16-12-9-8-11(2)10-15(12)28-19(16)23-17-18(24-26)22-14-7-5-4-6-13(14)21-17/h4-7,11,26H,3,8-10H2,1-2H3,(H,21,23)(H,22,24). The fourth-order valence-corrected chi connectivity index (χ4v) is 4.93. The fourth-order valence-electron chi connectivity index (χ4n) is 3.53. The highest BCUT2D eigenvalue weighted by Crippen LogP contribution is 2.41. The molecule has 0 amide bonds. The predicted molar refractivity (Wildman–Crippen MR) is 110 cm³/mol. The number of carbonyl (C=O) groups is 1. The van der Waals surface area contributed by atoms with Crippen molar-refractivity contribution in [2.45, 2.75) is 33.1 Å². The van der Waals surface area contributed by atoms with E-state index in [-0.39, 0.29) is 11.8 Å². The van der Waals surface area contributed by atoms with E-state index in [1.807, 2.05) is 24.3 Å². The van der Waals surface area contributed by atoms with Crippen LogP contribution in [0.4, 0.5) is 16.6 Å². The van der Waals surface area contributed by atoms with E-state index < -0.39 is 0 Å². The minimum Gasteiger partial charge on any atom is -0.462 e. The fraction of sp³-hybridized carbons (Fsp3) is 0.350. The van der Waals surface area contributed by atoms with Gasteiger partial charge in [0.25, 0.3) is 0 Å². The van der Waals surface area contributed by atoms with Gasteiger partial charge in [-0.15, -0.1) is 11.3 Å². The molecule has 0 bridgehead atoms. The molecule has 2 aromatic heterocycles. The number of rotatable bonds is 5. The first-order chi connectivity index (χ1) is 13.6. The molecule has 8 heteroatoms. The number of nitrogens with one attached hydrogen (secondary N) is 2. The van der Waals surface area contributed by atoms with Crippen LogP contribution in [0.25, 0.3) is 11.0 Å². The Kier molecular flexibility index (Phi) is 5.15. The van der Waals surface area contributed by atoms with E-state index in [1.54, 1.807) is 18.3 Å². The second-order valence-corrected chi connectivity index (χ2v) is 8.03. The molecule has 1 unspecified atom stereocenters. The Morgan fingerprint density at radius 3 is 2.68 bits per heavy atom. The maximum atomic E-state index is 12.7. The van der Waals surface area contributed by atoms with E-state index in [1.165, 1.54) is 4.88 Å². The number of aromatic nitrogens is 2. The summed E-state index contributed by atoms with van der Waals surface area (Å²) in [5, 5.41) is 13.4. The van der Waals surface area contributed by atoms with Crippen LogP contribution < -0.4 is 10.8 Å².